The van der Waals surface area contributed by atoms with Crippen molar-refractivity contribution < 1.29 is 27.9 Å². The van der Waals surface area contributed by atoms with E-state index in [1.54, 1.807) is 6.92 Å². The SMILES string of the molecule is CCCCC(NS(=O)(=O)c1c(C)csc1C(=O)OC)C(=O)O. The number of rotatable bonds is 8. The van der Waals surface area contributed by atoms with Gasteiger partial charge in [0.15, 0.2) is 0 Å². The summed E-state index contributed by atoms with van der Waals surface area (Å²) in [6.45, 7) is 3.42. The zero-order chi connectivity index (χ0) is 16.9. The standard InChI is InChI=1S/C13H19NO6S2/c1-4-5-6-9(12(15)16)14-22(18,19)11-8(2)7-21-10(11)13(17)20-3/h7,9,14H,4-6H2,1-3H3,(H,15,16). The highest BCUT2D eigenvalue weighted by Gasteiger charge is 2.31. The number of hydrogen-bond donors (Lipinski definition) is 2. The van der Waals surface area contributed by atoms with E-state index in [0.29, 0.717) is 12.0 Å². The minimum absolute atomic E-state index is 0.0628. The Labute approximate surface area is 133 Å². The van der Waals surface area contributed by atoms with Crippen LogP contribution in [0.3, 0.4) is 0 Å². The third kappa shape index (κ3) is 4.28. The van der Waals surface area contributed by atoms with Crippen LogP contribution in [-0.2, 0) is 19.6 Å². The Hall–Kier alpha value is -1.45. The number of sulfonamides is 1. The molecule has 1 aromatic rings. The predicted molar refractivity (Wildman–Crippen MR) is 81.7 cm³/mol. The first-order chi connectivity index (χ1) is 10.2. The fourth-order valence-corrected chi connectivity index (χ4v) is 4.82. The number of aryl methyl sites for hydroxylation is 1. The molecule has 22 heavy (non-hydrogen) atoms. The van der Waals surface area contributed by atoms with Crippen LogP contribution in [0.2, 0.25) is 0 Å². The minimum Gasteiger partial charge on any atom is -0.480 e. The summed E-state index contributed by atoms with van der Waals surface area (Å²) in [6, 6.07) is -1.23. The Bertz CT molecular complexity index is 649. The number of carboxylic acids is 1. The molecule has 1 heterocycles. The molecule has 0 radical (unpaired) electrons. The predicted octanol–water partition coefficient (Wildman–Crippen LogP) is 1.76. The molecule has 0 saturated carbocycles. The van der Waals surface area contributed by atoms with Gasteiger partial charge in [-0.3, -0.25) is 4.79 Å². The second kappa shape index (κ2) is 7.70. The van der Waals surface area contributed by atoms with Gasteiger partial charge < -0.3 is 9.84 Å². The summed E-state index contributed by atoms with van der Waals surface area (Å²) >= 11 is 0.948. The lowest BCUT2D eigenvalue weighted by molar-refractivity contribution is -0.139. The average Bonchev–Trinajstić information content (AvgIpc) is 2.84. The molecule has 0 aliphatic heterocycles. The van der Waals surface area contributed by atoms with E-state index >= 15 is 0 Å². The van der Waals surface area contributed by atoms with Gasteiger partial charge in [-0.15, -0.1) is 11.3 Å². The Morgan fingerprint density at radius 3 is 2.59 bits per heavy atom. The Morgan fingerprint density at radius 2 is 2.09 bits per heavy atom. The van der Waals surface area contributed by atoms with Crippen molar-refractivity contribution in [2.45, 2.75) is 44.0 Å². The summed E-state index contributed by atoms with van der Waals surface area (Å²) in [5, 5.41) is 10.7. The number of carboxylic acid groups (broad SMARTS) is 1. The lowest BCUT2D eigenvalue weighted by Gasteiger charge is -2.15. The zero-order valence-corrected chi connectivity index (χ0v) is 14.2. The van der Waals surface area contributed by atoms with Crippen LogP contribution in [0.25, 0.3) is 0 Å². The first-order valence-corrected chi connectivity index (χ1v) is 9.02. The maximum atomic E-state index is 12.5. The van der Waals surface area contributed by atoms with E-state index in [-0.39, 0.29) is 16.2 Å². The summed E-state index contributed by atoms with van der Waals surface area (Å²) in [4.78, 5) is 22.6. The van der Waals surface area contributed by atoms with Gasteiger partial charge in [-0.05, 0) is 24.3 Å². The van der Waals surface area contributed by atoms with Crippen molar-refractivity contribution >= 4 is 33.3 Å². The van der Waals surface area contributed by atoms with Crippen LogP contribution in [0.1, 0.15) is 41.4 Å². The smallest absolute Gasteiger partial charge is 0.349 e. The fourth-order valence-electron chi connectivity index (χ4n) is 1.89. The van der Waals surface area contributed by atoms with Crippen molar-refractivity contribution in [2.75, 3.05) is 7.11 Å². The fraction of sp³-hybridized carbons (Fsp3) is 0.538. The lowest BCUT2D eigenvalue weighted by atomic mass is 10.1. The molecule has 1 aromatic heterocycles. The van der Waals surface area contributed by atoms with Gasteiger partial charge in [0.1, 0.15) is 15.8 Å². The van der Waals surface area contributed by atoms with Gasteiger partial charge in [0.25, 0.3) is 0 Å². The summed E-state index contributed by atoms with van der Waals surface area (Å²) in [7, 11) is -2.97. The van der Waals surface area contributed by atoms with E-state index < -0.39 is 28.0 Å². The number of aliphatic carboxylic acids is 1. The Balaban J connectivity index is 3.16. The van der Waals surface area contributed by atoms with Gasteiger partial charge in [0, 0.05) is 0 Å². The quantitative estimate of drug-likeness (QED) is 0.692. The van der Waals surface area contributed by atoms with Crippen LogP contribution in [-0.4, -0.2) is 38.6 Å². The Morgan fingerprint density at radius 1 is 1.45 bits per heavy atom. The first kappa shape index (κ1) is 18.6. The highest BCUT2D eigenvalue weighted by Crippen LogP contribution is 2.27. The van der Waals surface area contributed by atoms with Crippen LogP contribution in [0.4, 0.5) is 0 Å². The van der Waals surface area contributed by atoms with Crippen molar-refractivity contribution in [1.29, 1.82) is 0 Å². The molecular weight excluding hydrogens is 330 g/mol. The molecule has 0 fully saturated rings. The number of ether oxygens (including phenoxy) is 1. The molecule has 2 N–H and O–H groups in total. The topological polar surface area (TPSA) is 110 Å². The van der Waals surface area contributed by atoms with Crippen LogP contribution < -0.4 is 4.72 Å². The third-order valence-corrected chi connectivity index (χ3v) is 5.86. The monoisotopic (exact) mass is 349 g/mol. The second-order valence-electron chi connectivity index (χ2n) is 4.72. The van der Waals surface area contributed by atoms with Crippen molar-refractivity contribution in [3.05, 3.63) is 15.8 Å². The minimum atomic E-state index is -4.13. The van der Waals surface area contributed by atoms with E-state index in [0.717, 1.165) is 24.9 Å². The number of esters is 1. The molecule has 9 heteroatoms. The maximum Gasteiger partial charge on any atom is 0.349 e. The van der Waals surface area contributed by atoms with Crippen molar-refractivity contribution in [3.63, 3.8) is 0 Å². The molecule has 1 atom stereocenters. The van der Waals surface area contributed by atoms with Gasteiger partial charge in [0.2, 0.25) is 10.0 Å². The third-order valence-electron chi connectivity index (χ3n) is 3.00. The van der Waals surface area contributed by atoms with Gasteiger partial charge in [0.05, 0.1) is 7.11 Å². The van der Waals surface area contributed by atoms with Crippen LogP contribution in [0, 0.1) is 6.92 Å². The summed E-state index contributed by atoms with van der Waals surface area (Å²) in [5.74, 6) is -2.01. The average molecular weight is 349 g/mol. The highest BCUT2D eigenvalue weighted by atomic mass is 32.2. The zero-order valence-electron chi connectivity index (χ0n) is 12.6. The largest absolute Gasteiger partial charge is 0.480 e. The molecule has 7 nitrogen and oxygen atoms in total. The van der Waals surface area contributed by atoms with Crippen LogP contribution in [0.5, 0.6) is 0 Å². The second-order valence-corrected chi connectivity index (χ2v) is 7.25. The number of hydrogen-bond acceptors (Lipinski definition) is 6. The molecule has 1 unspecified atom stereocenters. The van der Waals surface area contributed by atoms with E-state index in [9.17, 15) is 18.0 Å². The molecule has 0 amide bonds. The number of carbonyl (C=O) groups is 2. The number of unbranched alkanes of at least 4 members (excludes halogenated alkanes) is 1. The van der Waals surface area contributed by atoms with Crippen molar-refractivity contribution in [2.24, 2.45) is 0 Å². The van der Waals surface area contributed by atoms with E-state index in [4.69, 9.17) is 5.11 Å². The number of methoxy groups -OCH3 is 1. The number of carbonyl (C=O) groups excluding carboxylic acids is 1. The number of nitrogens with one attached hydrogen (secondary N) is 1. The van der Waals surface area contributed by atoms with Crippen LogP contribution >= 0.6 is 11.3 Å². The van der Waals surface area contributed by atoms with Crippen molar-refractivity contribution in [3.8, 4) is 0 Å². The van der Waals surface area contributed by atoms with Gasteiger partial charge in [-0.25, -0.2) is 13.2 Å². The van der Waals surface area contributed by atoms with Crippen LogP contribution in [0.15, 0.2) is 10.3 Å². The van der Waals surface area contributed by atoms with E-state index in [2.05, 4.69) is 9.46 Å². The summed E-state index contributed by atoms with van der Waals surface area (Å²) < 4.78 is 31.6. The highest BCUT2D eigenvalue weighted by molar-refractivity contribution is 7.89. The summed E-state index contributed by atoms with van der Waals surface area (Å²) in [6.07, 6.45) is 1.50. The van der Waals surface area contributed by atoms with Gasteiger partial charge >= 0.3 is 11.9 Å². The molecule has 0 spiro atoms. The van der Waals surface area contributed by atoms with Gasteiger partial charge in [-0.1, -0.05) is 19.8 Å². The molecule has 124 valence electrons. The van der Waals surface area contributed by atoms with Gasteiger partial charge in [-0.2, -0.15) is 4.72 Å². The normalized spacial score (nSPS) is 12.9. The van der Waals surface area contributed by atoms with E-state index in [1.165, 1.54) is 5.38 Å². The molecule has 1 rings (SSSR count). The van der Waals surface area contributed by atoms with E-state index in [1.807, 2.05) is 6.92 Å². The maximum absolute atomic E-state index is 12.5. The molecule has 0 aliphatic rings. The molecular formula is C13H19NO6S2. The molecule has 0 aromatic carbocycles. The first-order valence-electron chi connectivity index (χ1n) is 6.66. The summed E-state index contributed by atoms with van der Waals surface area (Å²) in [5.41, 5.74) is 0.373. The van der Waals surface area contributed by atoms with Crippen molar-refractivity contribution in [1.82, 2.24) is 4.72 Å². The Kier molecular flexibility index (Phi) is 6.51. The molecule has 0 bridgehead atoms. The number of thiophene rings is 1. The lowest BCUT2D eigenvalue weighted by Crippen LogP contribution is -2.41. The molecule has 0 aliphatic carbocycles. The molecule has 0 saturated heterocycles.